The summed E-state index contributed by atoms with van der Waals surface area (Å²) in [5.41, 5.74) is 2.95. The number of nitrogens with one attached hydrogen (secondary N) is 1. The summed E-state index contributed by atoms with van der Waals surface area (Å²) >= 11 is 6.19. The summed E-state index contributed by atoms with van der Waals surface area (Å²) in [7, 11) is 1.53. The molecule has 0 spiro atoms. The number of carbonyl (C=O) groups is 1. The molecule has 146 valence electrons. The van der Waals surface area contributed by atoms with E-state index in [4.69, 9.17) is 26.3 Å². The molecular formula is C23H19ClN2O3. The third-order valence-electron chi connectivity index (χ3n) is 4.29. The lowest BCUT2D eigenvalue weighted by Crippen LogP contribution is -2.15. The average Bonchev–Trinajstić information content (AvgIpc) is 2.71. The van der Waals surface area contributed by atoms with Crippen LogP contribution in [-0.4, -0.2) is 13.0 Å². The third kappa shape index (κ3) is 5.07. The van der Waals surface area contributed by atoms with Gasteiger partial charge in [-0.15, -0.1) is 0 Å². The summed E-state index contributed by atoms with van der Waals surface area (Å²) in [5.74, 6) is 1.10. The van der Waals surface area contributed by atoms with E-state index in [0.29, 0.717) is 27.8 Å². The number of anilines is 1. The number of halogens is 1. The first kappa shape index (κ1) is 20.2. The lowest BCUT2D eigenvalue weighted by atomic mass is 10.1. The van der Waals surface area contributed by atoms with Gasteiger partial charge in [-0.2, -0.15) is 5.26 Å². The van der Waals surface area contributed by atoms with Gasteiger partial charge in [0, 0.05) is 11.8 Å². The van der Waals surface area contributed by atoms with E-state index in [9.17, 15) is 4.79 Å². The van der Waals surface area contributed by atoms with Crippen molar-refractivity contribution in [3.63, 3.8) is 0 Å². The van der Waals surface area contributed by atoms with Crippen LogP contribution in [0.4, 0.5) is 5.69 Å². The van der Waals surface area contributed by atoms with E-state index in [-0.39, 0.29) is 12.3 Å². The quantitative estimate of drug-likeness (QED) is 0.586. The van der Waals surface area contributed by atoms with E-state index in [1.807, 2.05) is 31.2 Å². The first-order chi connectivity index (χ1) is 14.0. The highest BCUT2D eigenvalue weighted by Crippen LogP contribution is 2.36. The Labute approximate surface area is 174 Å². The van der Waals surface area contributed by atoms with Crippen molar-refractivity contribution in [2.45, 2.75) is 13.3 Å². The predicted molar refractivity (Wildman–Crippen MR) is 113 cm³/mol. The number of amides is 1. The van der Waals surface area contributed by atoms with E-state index in [0.717, 1.165) is 16.8 Å². The van der Waals surface area contributed by atoms with Gasteiger partial charge in [0.05, 0.1) is 30.2 Å². The summed E-state index contributed by atoms with van der Waals surface area (Å²) < 4.78 is 11.2. The van der Waals surface area contributed by atoms with Crippen LogP contribution in [0.25, 0.3) is 0 Å². The van der Waals surface area contributed by atoms with Gasteiger partial charge in [0.25, 0.3) is 0 Å². The fraction of sp³-hybridized carbons (Fsp3) is 0.130. The molecule has 0 aliphatic heterocycles. The standard InChI is InChI=1S/C23H19ClN2O3/c1-15-5-3-4-6-19(15)26-23(27)13-16-8-10-20(28-2)22(11-16)29-21-12-17(14-25)7-9-18(21)24/h3-12H,13H2,1-2H3,(H,26,27). The lowest BCUT2D eigenvalue weighted by molar-refractivity contribution is -0.115. The smallest absolute Gasteiger partial charge is 0.228 e. The molecule has 1 N–H and O–H groups in total. The molecule has 29 heavy (non-hydrogen) atoms. The highest BCUT2D eigenvalue weighted by molar-refractivity contribution is 6.32. The number of nitriles is 1. The first-order valence-corrected chi connectivity index (χ1v) is 9.28. The zero-order chi connectivity index (χ0) is 20.8. The average molecular weight is 407 g/mol. The maximum atomic E-state index is 12.5. The number of hydrogen-bond donors (Lipinski definition) is 1. The van der Waals surface area contributed by atoms with Crippen LogP contribution >= 0.6 is 11.6 Å². The number of methoxy groups -OCH3 is 1. The highest BCUT2D eigenvalue weighted by atomic mass is 35.5. The second kappa shape index (κ2) is 9.13. The molecule has 0 saturated heterocycles. The topological polar surface area (TPSA) is 71.3 Å². The molecular weight excluding hydrogens is 388 g/mol. The molecule has 0 atom stereocenters. The number of ether oxygens (including phenoxy) is 2. The number of hydrogen-bond acceptors (Lipinski definition) is 4. The number of nitrogens with zero attached hydrogens (tertiary/aromatic N) is 1. The predicted octanol–water partition coefficient (Wildman–Crippen LogP) is 5.50. The van der Waals surface area contributed by atoms with Gasteiger partial charge in [-0.25, -0.2) is 0 Å². The van der Waals surface area contributed by atoms with Crippen molar-refractivity contribution in [2.24, 2.45) is 0 Å². The summed E-state index contributed by atoms with van der Waals surface area (Å²) in [6, 6.07) is 19.7. The van der Waals surface area contributed by atoms with Crippen LogP contribution in [0.3, 0.4) is 0 Å². The Morgan fingerprint density at radius 1 is 1.07 bits per heavy atom. The van der Waals surface area contributed by atoms with Crippen LogP contribution in [-0.2, 0) is 11.2 Å². The van der Waals surface area contributed by atoms with Crippen LogP contribution in [0.1, 0.15) is 16.7 Å². The minimum Gasteiger partial charge on any atom is -0.493 e. The van der Waals surface area contributed by atoms with Crippen LogP contribution in [0.5, 0.6) is 17.2 Å². The van der Waals surface area contributed by atoms with E-state index in [2.05, 4.69) is 11.4 Å². The Bertz CT molecular complexity index is 1090. The Balaban J connectivity index is 1.81. The molecule has 1 amide bonds. The summed E-state index contributed by atoms with van der Waals surface area (Å²) in [4.78, 5) is 12.5. The van der Waals surface area contributed by atoms with Gasteiger partial charge in [-0.3, -0.25) is 4.79 Å². The number of rotatable bonds is 6. The first-order valence-electron chi connectivity index (χ1n) is 8.90. The molecule has 3 rings (SSSR count). The van der Waals surface area contributed by atoms with Crippen molar-refractivity contribution in [3.8, 4) is 23.3 Å². The summed E-state index contributed by atoms with van der Waals surface area (Å²) in [6.07, 6.45) is 0.167. The molecule has 3 aromatic rings. The largest absolute Gasteiger partial charge is 0.493 e. The van der Waals surface area contributed by atoms with Gasteiger partial charge >= 0.3 is 0 Å². The number of benzene rings is 3. The molecule has 0 radical (unpaired) electrons. The van der Waals surface area contributed by atoms with Crippen molar-refractivity contribution in [2.75, 3.05) is 12.4 Å². The van der Waals surface area contributed by atoms with Crippen LogP contribution in [0, 0.1) is 18.3 Å². The van der Waals surface area contributed by atoms with Crippen molar-refractivity contribution in [1.82, 2.24) is 0 Å². The molecule has 0 aromatic heterocycles. The Morgan fingerprint density at radius 2 is 1.86 bits per heavy atom. The minimum absolute atomic E-state index is 0.139. The molecule has 0 saturated carbocycles. The van der Waals surface area contributed by atoms with Crippen molar-refractivity contribution >= 4 is 23.2 Å². The molecule has 6 heteroatoms. The van der Waals surface area contributed by atoms with Crippen molar-refractivity contribution < 1.29 is 14.3 Å². The highest BCUT2D eigenvalue weighted by Gasteiger charge is 2.13. The maximum Gasteiger partial charge on any atom is 0.228 e. The van der Waals surface area contributed by atoms with Crippen molar-refractivity contribution in [3.05, 3.63) is 82.4 Å². The minimum atomic E-state index is -0.139. The molecule has 3 aromatic carbocycles. The van der Waals surface area contributed by atoms with E-state index < -0.39 is 0 Å². The fourth-order valence-corrected chi connectivity index (χ4v) is 2.93. The van der Waals surface area contributed by atoms with Gasteiger partial charge < -0.3 is 14.8 Å². The fourth-order valence-electron chi connectivity index (χ4n) is 2.77. The summed E-state index contributed by atoms with van der Waals surface area (Å²) in [6.45, 7) is 1.94. The number of para-hydroxylation sites is 1. The van der Waals surface area contributed by atoms with Crippen LogP contribution in [0.2, 0.25) is 5.02 Å². The Morgan fingerprint density at radius 3 is 2.59 bits per heavy atom. The van der Waals surface area contributed by atoms with Gasteiger partial charge in [-0.05, 0) is 48.4 Å². The Hall–Kier alpha value is -3.49. The zero-order valence-electron chi connectivity index (χ0n) is 16.0. The van der Waals surface area contributed by atoms with Crippen LogP contribution in [0.15, 0.2) is 60.7 Å². The Kier molecular flexibility index (Phi) is 6.38. The third-order valence-corrected chi connectivity index (χ3v) is 4.60. The van der Waals surface area contributed by atoms with E-state index in [1.165, 1.54) is 7.11 Å². The normalized spacial score (nSPS) is 10.1. The van der Waals surface area contributed by atoms with Gasteiger partial charge in [-0.1, -0.05) is 35.9 Å². The number of aryl methyl sites for hydroxylation is 1. The molecule has 0 aliphatic rings. The van der Waals surface area contributed by atoms with Crippen LogP contribution < -0.4 is 14.8 Å². The maximum absolute atomic E-state index is 12.5. The van der Waals surface area contributed by atoms with Crippen molar-refractivity contribution in [1.29, 1.82) is 5.26 Å². The molecule has 0 heterocycles. The monoisotopic (exact) mass is 406 g/mol. The van der Waals surface area contributed by atoms with Gasteiger partial charge in [0.2, 0.25) is 5.91 Å². The molecule has 0 aliphatic carbocycles. The van der Waals surface area contributed by atoms with Gasteiger partial charge in [0.15, 0.2) is 11.5 Å². The molecule has 0 unspecified atom stereocenters. The second-order valence-electron chi connectivity index (χ2n) is 6.38. The second-order valence-corrected chi connectivity index (χ2v) is 6.79. The molecule has 0 bridgehead atoms. The molecule has 0 fully saturated rings. The summed E-state index contributed by atoms with van der Waals surface area (Å²) in [5, 5.41) is 12.4. The zero-order valence-corrected chi connectivity index (χ0v) is 16.8. The lowest BCUT2D eigenvalue weighted by Gasteiger charge is -2.13. The van der Waals surface area contributed by atoms with E-state index >= 15 is 0 Å². The van der Waals surface area contributed by atoms with E-state index in [1.54, 1.807) is 36.4 Å². The molecule has 5 nitrogen and oxygen atoms in total. The SMILES string of the molecule is COc1ccc(CC(=O)Nc2ccccc2C)cc1Oc1cc(C#N)ccc1Cl. The number of carbonyl (C=O) groups excluding carboxylic acids is 1. The van der Waals surface area contributed by atoms with Gasteiger partial charge in [0.1, 0.15) is 5.75 Å².